The molecule has 4 aromatic rings. The lowest BCUT2D eigenvalue weighted by atomic mass is 9.92. The Hall–Kier alpha value is -4.25. The number of nitrogens with one attached hydrogen (secondary N) is 2. The molecular formula is C28H30N6O2. The van der Waals surface area contributed by atoms with E-state index in [2.05, 4.69) is 32.3 Å². The Morgan fingerprint density at radius 1 is 1.22 bits per heavy atom. The molecule has 5 rings (SSSR count). The standard InChI is InChI=1S/C28H30N6O2/c1-19(2)31-28(35)32-21-8-6-20(7-9-21)27-25(17-29)24-16-23(36-15-14-33-13-12-30-18-33)10-11-26(24)34(27)22-4-3-5-22/h6-13,16,18-19,22H,3-5,14-15H2,1-2H3,(H2,31,32,35). The molecule has 8 nitrogen and oxygen atoms in total. The molecule has 2 N–H and O–H groups in total. The first kappa shape index (κ1) is 23.5. The van der Waals surface area contributed by atoms with E-state index in [1.165, 1.54) is 6.42 Å². The molecule has 0 radical (unpaired) electrons. The summed E-state index contributed by atoms with van der Waals surface area (Å²) in [6.07, 6.45) is 8.80. The number of hydrogen-bond donors (Lipinski definition) is 2. The summed E-state index contributed by atoms with van der Waals surface area (Å²) in [5, 5.41) is 16.8. The molecule has 2 aromatic heterocycles. The number of rotatable bonds is 8. The maximum Gasteiger partial charge on any atom is 0.319 e. The Kier molecular flexibility index (Phi) is 6.63. The number of ether oxygens (including phenoxy) is 1. The first-order chi connectivity index (χ1) is 17.5. The lowest BCUT2D eigenvalue weighted by Gasteiger charge is -2.30. The van der Waals surface area contributed by atoms with Crippen molar-refractivity contribution in [1.29, 1.82) is 5.26 Å². The van der Waals surface area contributed by atoms with Crippen molar-refractivity contribution in [2.75, 3.05) is 11.9 Å². The summed E-state index contributed by atoms with van der Waals surface area (Å²) in [5.41, 5.74) is 4.27. The zero-order valence-corrected chi connectivity index (χ0v) is 20.6. The van der Waals surface area contributed by atoms with Gasteiger partial charge in [-0.2, -0.15) is 5.26 Å². The maximum absolute atomic E-state index is 12.1. The smallest absolute Gasteiger partial charge is 0.319 e. The number of nitriles is 1. The van der Waals surface area contributed by atoms with Gasteiger partial charge in [0.05, 0.1) is 29.6 Å². The molecule has 8 heteroatoms. The van der Waals surface area contributed by atoms with Gasteiger partial charge in [0.2, 0.25) is 0 Å². The van der Waals surface area contributed by atoms with Gasteiger partial charge in [-0.25, -0.2) is 9.78 Å². The van der Waals surface area contributed by atoms with Gasteiger partial charge in [-0.15, -0.1) is 0 Å². The molecule has 0 bridgehead atoms. The summed E-state index contributed by atoms with van der Waals surface area (Å²) < 4.78 is 10.3. The van der Waals surface area contributed by atoms with Gasteiger partial charge in [0.25, 0.3) is 0 Å². The van der Waals surface area contributed by atoms with Crippen LogP contribution >= 0.6 is 0 Å². The van der Waals surface area contributed by atoms with Gasteiger partial charge in [0.1, 0.15) is 18.4 Å². The normalized spacial score (nSPS) is 13.4. The number of fused-ring (bicyclic) bond motifs is 1. The number of benzene rings is 2. The van der Waals surface area contributed by atoms with Gasteiger partial charge in [-0.3, -0.25) is 0 Å². The minimum Gasteiger partial charge on any atom is -0.492 e. The molecule has 36 heavy (non-hydrogen) atoms. The molecule has 2 aromatic carbocycles. The van der Waals surface area contributed by atoms with Crippen LogP contribution in [0.1, 0.15) is 44.7 Å². The lowest BCUT2D eigenvalue weighted by Crippen LogP contribution is -2.34. The lowest BCUT2D eigenvalue weighted by molar-refractivity contribution is 0.250. The van der Waals surface area contributed by atoms with E-state index in [1.807, 2.05) is 61.0 Å². The van der Waals surface area contributed by atoms with E-state index in [-0.39, 0.29) is 12.1 Å². The van der Waals surface area contributed by atoms with E-state index in [4.69, 9.17) is 4.74 Å². The van der Waals surface area contributed by atoms with Crippen molar-refractivity contribution in [3.63, 3.8) is 0 Å². The van der Waals surface area contributed by atoms with Crippen molar-refractivity contribution in [1.82, 2.24) is 19.4 Å². The Balaban J connectivity index is 1.47. The van der Waals surface area contributed by atoms with Gasteiger partial charge in [0.15, 0.2) is 0 Å². The number of amides is 2. The molecule has 2 amide bonds. The quantitative estimate of drug-likeness (QED) is 0.336. The van der Waals surface area contributed by atoms with Crippen LogP contribution in [0.5, 0.6) is 5.75 Å². The topological polar surface area (TPSA) is 96.9 Å². The van der Waals surface area contributed by atoms with Gasteiger partial charge < -0.3 is 24.5 Å². The highest BCUT2D eigenvalue weighted by atomic mass is 16.5. The number of carbonyl (C=O) groups is 1. The fraction of sp³-hybridized carbons (Fsp3) is 0.321. The molecule has 1 saturated carbocycles. The summed E-state index contributed by atoms with van der Waals surface area (Å²) in [4.78, 5) is 16.1. The molecule has 0 unspecified atom stereocenters. The van der Waals surface area contributed by atoms with E-state index in [0.29, 0.717) is 30.4 Å². The number of urea groups is 1. The number of nitrogens with zero attached hydrogens (tertiary/aromatic N) is 4. The third-order valence-electron chi connectivity index (χ3n) is 6.54. The Morgan fingerprint density at radius 2 is 2.03 bits per heavy atom. The first-order valence-electron chi connectivity index (χ1n) is 12.4. The van der Waals surface area contributed by atoms with E-state index in [9.17, 15) is 10.1 Å². The fourth-order valence-corrected chi connectivity index (χ4v) is 4.63. The van der Waals surface area contributed by atoms with Gasteiger partial charge in [0, 0.05) is 35.6 Å². The van der Waals surface area contributed by atoms with Crippen molar-refractivity contribution < 1.29 is 9.53 Å². The highest BCUT2D eigenvalue weighted by molar-refractivity contribution is 5.96. The molecule has 184 valence electrons. The monoisotopic (exact) mass is 482 g/mol. The zero-order valence-electron chi connectivity index (χ0n) is 20.6. The SMILES string of the molecule is CC(C)NC(=O)Nc1ccc(-c2c(C#N)c3cc(OCCn4ccnc4)ccc3n2C2CCC2)cc1. The van der Waals surface area contributed by atoms with Crippen molar-refractivity contribution in [2.45, 2.75) is 51.7 Å². The second-order valence-electron chi connectivity index (χ2n) is 9.45. The van der Waals surface area contributed by atoms with Crippen molar-refractivity contribution in [2.24, 2.45) is 0 Å². The molecule has 1 aliphatic rings. The van der Waals surface area contributed by atoms with Crippen molar-refractivity contribution in [3.05, 3.63) is 66.7 Å². The molecule has 0 aliphatic heterocycles. The van der Waals surface area contributed by atoms with E-state index < -0.39 is 0 Å². The molecule has 0 atom stereocenters. The predicted molar refractivity (Wildman–Crippen MR) is 140 cm³/mol. The summed E-state index contributed by atoms with van der Waals surface area (Å²) in [7, 11) is 0. The number of carbonyl (C=O) groups excluding carboxylic acids is 1. The Labute approximate surface area is 210 Å². The number of hydrogen-bond acceptors (Lipinski definition) is 4. The minimum atomic E-state index is -0.236. The Bertz CT molecular complexity index is 1390. The van der Waals surface area contributed by atoms with Crippen LogP contribution < -0.4 is 15.4 Å². The van der Waals surface area contributed by atoms with Crippen LogP contribution in [0.3, 0.4) is 0 Å². The second-order valence-corrected chi connectivity index (χ2v) is 9.45. The van der Waals surface area contributed by atoms with Crippen molar-refractivity contribution in [3.8, 4) is 23.1 Å². The fourth-order valence-electron chi connectivity index (χ4n) is 4.63. The summed E-state index contributed by atoms with van der Waals surface area (Å²) in [5.74, 6) is 0.743. The molecule has 1 aliphatic carbocycles. The summed E-state index contributed by atoms with van der Waals surface area (Å²) in [6, 6.07) is 16.4. The van der Waals surface area contributed by atoms with Crippen LogP contribution in [0.15, 0.2) is 61.2 Å². The van der Waals surface area contributed by atoms with Crippen LogP contribution in [0.2, 0.25) is 0 Å². The molecule has 0 saturated heterocycles. The van der Waals surface area contributed by atoms with E-state index >= 15 is 0 Å². The van der Waals surface area contributed by atoms with Crippen molar-refractivity contribution >= 4 is 22.6 Å². The van der Waals surface area contributed by atoms with Gasteiger partial charge >= 0.3 is 6.03 Å². The van der Waals surface area contributed by atoms with Gasteiger partial charge in [-0.1, -0.05) is 12.1 Å². The second kappa shape index (κ2) is 10.2. The summed E-state index contributed by atoms with van der Waals surface area (Å²) >= 11 is 0. The van der Waals surface area contributed by atoms with E-state index in [0.717, 1.165) is 40.8 Å². The maximum atomic E-state index is 12.1. The largest absolute Gasteiger partial charge is 0.492 e. The average Bonchev–Trinajstić information content (AvgIpc) is 3.44. The minimum absolute atomic E-state index is 0.0559. The predicted octanol–water partition coefficient (Wildman–Crippen LogP) is 5.71. The highest BCUT2D eigenvalue weighted by Gasteiger charge is 2.28. The number of imidazole rings is 1. The molecular weight excluding hydrogens is 452 g/mol. The van der Waals surface area contributed by atoms with Crippen LogP contribution in [-0.2, 0) is 6.54 Å². The number of anilines is 1. The summed E-state index contributed by atoms with van der Waals surface area (Å²) in [6.45, 7) is 5.05. The van der Waals surface area contributed by atoms with Crippen LogP contribution in [0, 0.1) is 11.3 Å². The highest BCUT2D eigenvalue weighted by Crippen LogP contribution is 2.43. The third kappa shape index (κ3) is 4.78. The van der Waals surface area contributed by atoms with Crippen LogP contribution in [-0.4, -0.2) is 32.8 Å². The number of aromatic nitrogens is 3. The van der Waals surface area contributed by atoms with Crippen LogP contribution in [0.25, 0.3) is 22.2 Å². The molecule has 1 fully saturated rings. The van der Waals surface area contributed by atoms with Crippen LogP contribution in [0.4, 0.5) is 10.5 Å². The third-order valence-corrected chi connectivity index (χ3v) is 6.54. The Morgan fingerprint density at radius 3 is 2.67 bits per heavy atom. The van der Waals surface area contributed by atoms with Gasteiger partial charge in [-0.05, 0) is 69.0 Å². The molecule has 2 heterocycles. The molecule has 0 spiro atoms. The first-order valence-corrected chi connectivity index (χ1v) is 12.4. The van der Waals surface area contributed by atoms with E-state index in [1.54, 1.807) is 12.5 Å². The average molecular weight is 483 g/mol. The zero-order chi connectivity index (χ0) is 25.1.